The fourth-order valence-electron chi connectivity index (χ4n) is 2.47. The molecule has 0 spiro atoms. The first kappa shape index (κ1) is 17.5. The van der Waals surface area contributed by atoms with Crippen LogP contribution < -0.4 is 4.74 Å². The van der Waals surface area contributed by atoms with Crippen LogP contribution in [0.2, 0.25) is 0 Å². The largest absolute Gasteiger partial charge is 0.491 e. The summed E-state index contributed by atoms with van der Waals surface area (Å²) in [4.78, 5) is 2.03. The topological polar surface area (TPSA) is 52.9 Å². The molecule has 0 aromatic heterocycles. The van der Waals surface area contributed by atoms with Gasteiger partial charge in [0.05, 0.1) is 6.61 Å². The molecule has 2 aromatic rings. The standard InChI is InChI=1S/C19H25NO3/c1-16-7-5-6-10-19(16)23-15-18(22)14-20(11-12-21)13-17-8-3-2-4-9-17/h2-10,18,21-22H,11-15H2,1H3/t18-/m0/s1. The maximum atomic E-state index is 10.2. The van der Waals surface area contributed by atoms with Gasteiger partial charge in [-0.25, -0.2) is 0 Å². The quantitative estimate of drug-likeness (QED) is 0.745. The minimum absolute atomic E-state index is 0.0677. The number of aryl methyl sites for hydroxylation is 1. The van der Waals surface area contributed by atoms with Crippen molar-refractivity contribution in [3.8, 4) is 5.75 Å². The normalized spacial score (nSPS) is 12.3. The van der Waals surface area contributed by atoms with Crippen LogP contribution in [-0.4, -0.2) is 47.5 Å². The van der Waals surface area contributed by atoms with Crippen LogP contribution in [0.1, 0.15) is 11.1 Å². The fourth-order valence-corrected chi connectivity index (χ4v) is 2.47. The van der Waals surface area contributed by atoms with E-state index in [4.69, 9.17) is 4.74 Å². The molecule has 0 bridgehead atoms. The number of rotatable bonds is 9. The van der Waals surface area contributed by atoms with Crippen molar-refractivity contribution in [2.75, 3.05) is 26.3 Å². The first-order valence-corrected chi connectivity index (χ1v) is 7.92. The van der Waals surface area contributed by atoms with Crippen molar-refractivity contribution in [1.82, 2.24) is 4.90 Å². The first-order valence-electron chi connectivity index (χ1n) is 7.92. The van der Waals surface area contributed by atoms with E-state index < -0.39 is 6.10 Å². The van der Waals surface area contributed by atoms with Gasteiger partial charge in [-0.1, -0.05) is 48.5 Å². The van der Waals surface area contributed by atoms with Gasteiger partial charge in [0, 0.05) is 19.6 Å². The average molecular weight is 315 g/mol. The highest BCUT2D eigenvalue weighted by Crippen LogP contribution is 2.16. The summed E-state index contributed by atoms with van der Waals surface area (Å²) in [6.07, 6.45) is -0.607. The van der Waals surface area contributed by atoms with Crippen LogP contribution in [0.3, 0.4) is 0 Å². The summed E-state index contributed by atoms with van der Waals surface area (Å²) in [6, 6.07) is 17.8. The molecule has 0 saturated carbocycles. The van der Waals surface area contributed by atoms with E-state index in [1.165, 1.54) is 0 Å². The summed E-state index contributed by atoms with van der Waals surface area (Å²) in [5.74, 6) is 0.795. The molecular formula is C19H25NO3. The Kier molecular flexibility index (Phi) is 7.07. The van der Waals surface area contributed by atoms with E-state index >= 15 is 0 Å². The van der Waals surface area contributed by atoms with Crippen LogP contribution >= 0.6 is 0 Å². The third kappa shape index (κ3) is 6.02. The number of benzene rings is 2. The molecule has 0 heterocycles. The zero-order valence-electron chi connectivity index (χ0n) is 13.6. The molecular weight excluding hydrogens is 290 g/mol. The molecule has 0 fully saturated rings. The Morgan fingerprint density at radius 3 is 2.43 bits per heavy atom. The van der Waals surface area contributed by atoms with Crippen LogP contribution in [0.4, 0.5) is 0 Å². The minimum atomic E-state index is -0.607. The van der Waals surface area contributed by atoms with Gasteiger partial charge in [-0.3, -0.25) is 4.90 Å². The van der Waals surface area contributed by atoms with Crippen molar-refractivity contribution >= 4 is 0 Å². The number of nitrogens with zero attached hydrogens (tertiary/aromatic N) is 1. The maximum Gasteiger partial charge on any atom is 0.122 e. The van der Waals surface area contributed by atoms with Crippen molar-refractivity contribution < 1.29 is 14.9 Å². The summed E-state index contributed by atoms with van der Waals surface area (Å²) in [5.41, 5.74) is 2.21. The summed E-state index contributed by atoms with van der Waals surface area (Å²) >= 11 is 0. The van der Waals surface area contributed by atoms with E-state index in [9.17, 15) is 10.2 Å². The third-order valence-corrected chi connectivity index (χ3v) is 3.66. The number of ether oxygens (including phenoxy) is 1. The van der Waals surface area contributed by atoms with Crippen molar-refractivity contribution in [1.29, 1.82) is 0 Å². The van der Waals surface area contributed by atoms with Gasteiger partial charge in [-0.2, -0.15) is 0 Å². The Morgan fingerprint density at radius 1 is 1.04 bits per heavy atom. The minimum Gasteiger partial charge on any atom is -0.491 e. The van der Waals surface area contributed by atoms with Crippen molar-refractivity contribution in [3.63, 3.8) is 0 Å². The molecule has 0 unspecified atom stereocenters. The Labute approximate surface area is 138 Å². The molecule has 0 saturated heterocycles. The van der Waals surface area contributed by atoms with Gasteiger partial charge >= 0.3 is 0 Å². The Hall–Kier alpha value is -1.88. The summed E-state index contributed by atoms with van der Waals surface area (Å²) in [6.45, 7) is 3.97. The van der Waals surface area contributed by atoms with Crippen LogP contribution in [0.5, 0.6) is 5.75 Å². The van der Waals surface area contributed by atoms with Crippen molar-refractivity contribution in [2.24, 2.45) is 0 Å². The number of hydrogen-bond donors (Lipinski definition) is 2. The molecule has 2 rings (SSSR count). The fraction of sp³-hybridized carbons (Fsp3) is 0.368. The van der Waals surface area contributed by atoms with Gasteiger partial charge in [0.15, 0.2) is 0 Å². The molecule has 0 aliphatic rings. The summed E-state index contributed by atoms with van der Waals surface area (Å²) < 4.78 is 5.69. The lowest BCUT2D eigenvalue weighted by molar-refractivity contribution is 0.0588. The van der Waals surface area contributed by atoms with Crippen molar-refractivity contribution in [2.45, 2.75) is 19.6 Å². The first-order chi connectivity index (χ1) is 11.2. The van der Waals surface area contributed by atoms with Crippen molar-refractivity contribution in [3.05, 3.63) is 65.7 Å². The Balaban J connectivity index is 1.85. The van der Waals surface area contributed by atoms with Gasteiger partial charge in [0.2, 0.25) is 0 Å². The molecule has 124 valence electrons. The molecule has 2 aromatic carbocycles. The van der Waals surface area contributed by atoms with Gasteiger partial charge in [0.25, 0.3) is 0 Å². The average Bonchev–Trinajstić information content (AvgIpc) is 2.55. The van der Waals surface area contributed by atoms with Gasteiger partial charge in [0.1, 0.15) is 18.5 Å². The van der Waals surface area contributed by atoms with E-state index in [0.717, 1.165) is 16.9 Å². The van der Waals surface area contributed by atoms with E-state index in [1.54, 1.807) is 0 Å². The van der Waals surface area contributed by atoms with E-state index in [2.05, 4.69) is 0 Å². The number of aliphatic hydroxyl groups is 2. The van der Waals surface area contributed by atoms with Crippen LogP contribution in [0, 0.1) is 6.92 Å². The highest BCUT2D eigenvalue weighted by atomic mass is 16.5. The SMILES string of the molecule is Cc1ccccc1OC[C@@H](O)CN(CCO)Cc1ccccc1. The monoisotopic (exact) mass is 315 g/mol. The number of hydrogen-bond acceptors (Lipinski definition) is 4. The maximum absolute atomic E-state index is 10.2. The molecule has 0 amide bonds. The lowest BCUT2D eigenvalue weighted by Crippen LogP contribution is -2.37. The van der Waals surface area contributed by atoms with Crippen LogP contribution in [-0.2, 0) is 6.54 Å². The highest BCUT2D eigenvalue weighted by Gasteiger charge is 2.13. The lowest BCUT2D eigenvalue weighted by atomic mass is 10.2. The second kappa shape index (κ2) is 9.30. The van der Waals surface area contributed by atoms with Crippen LogP contribution in [0.25, 0.3) is 0 Å². The predicted molar refractivity (Wildman–Crippen MR) is 91.5 cm³/mol. The van der Waals surface area contributed by atoms with Crippen LogP contribution in [0.15, 0.2) is 54.6 Å². The molecule has 0 aliphatic carbocycles. The molecule has 23 heavy (non-hydrogen) atoms. The lowest BCUT2D eigenvalue weighted by Gasteiger charge is -2.24. The number of para-hydroxylation sites is 1. The molecule has 0 radical (unpaired) electrons. The second-order valence-corrected chi connectivity index (χ2v) is 5.67. The van der Waals surface area contributed by atoms with Gasteiger partial charge in [-0.05, 0) is 24.1 Å². The Morgan fingerprint density at radius 2 is 1.74 bits per heavy atom. The molecule has 1 atom stereocenters. The number of aliphatic hydroxyl groups excluding tert-OH is 2. The molecule has 0 aliphatic heterocycles. The summed E-state index contributed by atoms with van der Waals surface area (Å²) in [5, 5.41) is 19.4. The van der Waals surface area contributed by atoms with E-state index in [1.807, 2.05) is 66.4 Å². The molecule has 4 nitrogen and oxygen atoms in total. The second-order valence-electron chi connectivity index (χ2n) is 5.67. The zero-order chi connectivity index (χ0) is 16.5. The Bertz CT molecular complexity index is 574. The highest BCUT2D eigenvalue weighted by molar-refractivity contribution is 5.31. The zero-order valence-corrected chi connectivity index (χ0v) is 13.6. The summed E-state index contributed by atoms with van der Waals surface area (Å²) in [7, 11) is 0. The van der Waals surface area contributed by atoms with Gasteiger partial charge in [-0.15, -0.1) is 0 Å². The smallest absolute Gasteiger partial charge is 0.122 e. The molecule has 4 heteroatoms. The van der Waals surface area contributed by atoms with E-state index in [0.29, 0.717) is 19.6 Å². The molecule has 2 N–H and O–H groups in total. The third-order valence-electron chi connectivity index (χ3n) is 3.66. The van der Waals surface area contributed by atoms with E-state index in [-0.39, 0.29) is 13.2 Å². The predicted octanol–water partition coefficient (Wildman–Crippen LogP) is 2.23. The van der Waals surface area contributed by atoms with Gasteiger partial charge < -0.3 is 14.9 Å².